The van der Waals surface area contributed by atoms with E-state index < -0.39 is 0 Å². The molecule has 1 atom stereocenters. The van der Waals surface area contributed by atoms with Crippen LogP contribution in [-0.4, -0.2) is 24.7 Å². The van der Waals surface area contributed by atoms with Gasteiger partial charge in [-0.2, -0.15) is 0 Å². The van der Waals surface area contributed by atoms with E-state index in [4.69, 9.17) is 11.6 Å². The molecule has 2 nitrogen and oxygen atoms in total. The predicted molar refractivity (Wildman–Crippen MR) is 80.4 cm³/mol. The van der Waals surface area contributed by atoms with E-state index in [1.54, 1.807) is 0 Å². The average Bonchev–Trinajstić information content (AvgIpc) is 2.23. The Morgan fingerprint density at radius 3 is 2.56 bits per heavy atom. The van der Waals surface area contributed by atoms with Gasteiger partial charge in [-0.1, -0.05) is 23.7 Å². The maximum Gasteiger partial charge on any atom is 0.0408 e. The molecule has 2 N–H and O–H groups in total. The lowest BCUT2D eigenvalue weighted by Gasteiger charge is -2.21. The largest absolute Gasteiger partial charge is 0.313 e. The maximum atomic E-state index is 5.97. The molecule has 102 valence electrons. The molecular weight excluding hydrogens is 244 g/mol. The molecule has 0 heterocycles. The summed E-state index contributed by atoms with van der Waals surface area (Å²) in [6.07, 6.45) is 1.01. The summed E-state index contributed by atoms with van der Waals surface area (Å²) in [4.78, 5) is 0. The molecule has 1 unspecified atom stereocenters. The zero-order valence-corrected chi connectivity index (χ0v) is 12.6. The Morgan fingerprint density at radius 2 is 1.94 bits per heavy atom. The highest BCUT2D eigenvalue weighted by Crippen LogP contribution is 2.12. The van der Waals surface area contributed by atoms with Crippen LogP contribution in [0.1, 0.15) is 33.3 Å². The average molecular weight is 269 g/mol. The molecule has 0 spiro atoms. The van der Waals surface area contributed by atoms with Gasteiger partial charge in [0.15, 0.2) is 0 Å². The summed E-state index contributed by atoms with van der Waals surface area (Å²) in [5.74, 6) is 0. The van der Waals surface area contributed by atoms with E-state index in [-0.39, 0.29) is 5.54 Å². The first-order valence-electron chi connectivity index (χ1n) is 6.60. The molecule has 0 fully saturated rings. The van der Waals surface area contributed by atoms with E-state index in [0.29, 0.717) is 6.04 Å². The Balaban J connectivity index is 2.24. The molecule has 1 rings (SSSR count). The maximum absolute atomic E-state index is 5.97. The second kappa shape index (κ2) is 7.13. The quantitative estimate of drug-likeness (QED) is 0.774. The second-order valence-corrected chi connectivity index (χ2v) is 6.30. The van der Waals surface area contributed by atoms with Gasteiger partial charge in [0.1, 0.15) is 0 Å². The summed E-state index contributed by atoms with van der Waals surface area (Å²) in [6.45, 7) is 10.7. The molecule has 3 heteroatoms. The van der Waals surface area contributed by atoms with E-state index in [1.165, 1.54) is 5.56 Å². The summed E-state index contributed by atoms with van der Waals surface area (Å²) in [5, 5.41) is 7.80. The third-order valence-corrected chi connectivity index (χ3v) is 2.94. The lowest BCUT2D eigenvalue weighted by atomic mass is 10.1. The molecule has 0 bridgehead atoms. The fraction of sp³-hybridized carbons (Fsp3) is 0.600. The van der Waals surface area contributed by atoms with Crippen LogP contribution in [0.4, 0.5) is 0 Å². The Kier molecular flexibility index (Phi) is 6.13. The zero-order chi connectivity index (χ0) is 13.6. The van der Waals surface area contributed by atoms with Crippen molar-refractivity contribution in [2.24, 2.45) is 0 Å². The van der Waals surface area contributed by atoms with Crippen molar-refractivity contribution in [2.75, 3.05) is 13.1 Å². The Labute approximate surface area is 116 Å². The molecule has 0 aliphatic carbocycles. The van der Waals surface area contributed by atoms with Crippen molar-refractivity contribution in [2.45, 2.75) is 45.7 Å². The minimum absolute atomic E-state index is 0.192. The first-order chi connectivity index (χ1) is 8.37. The van der Waals surface area contributed by atoms with Gasteiger partial charge in [0, 0.05) is 29.7 Å². The van der Waals surface area contributed by atoms with Crippen LogP contribution in [0.15, 0.2) is 24.3 Å². The minimum atomic E-state index is 0.192. The Bertz CT molecular complexity index is 358. The zero-order valence-electron chi connectivity index (χ0n) is 11.9. The Morgan fingerprint density at radius 1 is 1.22 bits per heavy atom. The van der Waals surface area contributed by atoms with Gasteiger partial charge in [-0.15, -0.1) is 0 Å². The van der Waals surface area contributed by atoms with Crippen LogP contribution in [0.5, 0.6) is 0 Å². The van der Waals surface area contributed by atoms with Crippen LogP contribution in [-0.2, 0) is 6.42 Å². The molecule has 1 aromatic carbocycles. The van der Waals surface area contributed by atoms with Gasteiger partial charge in [0.25, 0.3) is 0 Å². The number of nitrogens with one attached hydrogen (secondary N) is 2. The van der Waals surface area contributed by atoms with Gasteiger partial charge >= 0.3 is 0 Å². The van der Waals surface area contributed by atoms with Gasteiger partial charge in [-0.05, 0) is 51.8 Å². The van der Waals surface area contributed by atoms with Crippen molar-refractivity contribution in [3.63, 3.8) is 0 Å². The molecule has 1 aromatic rings. The lowest BCUT2D eigenvalue weighted by Crippen LogP contribution is -2.42. The van der Waals surface area contributed by atoms with E-state index in [9.17, 15) is 0 Å². The highest BCUT2D eigenvalue weighted by molar-refractivity contribution is 6.30. The fourth-order valence-corrected chi connectivity index (χ4v) is 2.06. The molecule has 0 amide bonds. The molecule has 18 heavy (non-hydrogen) atoms. The third-order valence-electron chi connectivity index (χ3n) is 2.70. The van der Waals surface area contributed by atoms with Gasteiger partial charge in [-0.25, -0.2) is 0 Å². The van der Waals surface area contributed by atoms with Crippen LogP contribution in [0.3, 0.4) is 0 Å². The fourth-order valence-electron chi connectivity index (χ4n) is 1.85. The first kappa shape index (κ1) is 15.5. The highest BCUT2D eigenvalue weighted by Gasteiger charge is 2.08. The topological polar surface area (TPSA) is 24.1 Å². The van der Waals surface area contributed by atoms with Crippen LogP contribution in [0, 0.1) is 0 Å². The summed E-state index contributed by atoms with van der Waals surface area (Å²) in [6, 6.07) is 8.54. The smallest absolute Gasteiger partial charge is 0.0408 e. The molecule has 0 radical (unpaired) electrons. The minimum Gasteiger partial charge on any atom is -0.313 e. The number of hydrogen-bond donors (Lipinski definition) is 2. The third kappa shape index (κ3) is 7.00. The standard InChI is InChI=1S/C15H25ClN2/c1-12(17-8-9-18-15(2,3)4)10-13-6-5-7-14(16)11-13/h5-7,11-12,17-18H,8-10H2,1-4H3. The number of halogens is 1. The van der Waals surface area contributed by atoms with Crippen molar-refractivity contribution in [3.8, 4) is 0 Å². The second-order valence-electron chi connectivity index (χ2n) is 5.87. The van der Waals surface area contributed by atoms with Crippen molar-refractivity contribution in [3.05, 3.63) is 34.9 Å². The van der Waals surface area contributed by atoms with Crippen LogP contribution in [0.2, 0.25) is 5.02 Å². The van der Waals surface area contributed by atoms with Gasteiger partial charge in [-0.3, -0.25) is 0 Å². The first-order valence-corrected chi connectivity index (χ1v) is 6.97. The van der Waals surface area contributed by atoms with Crippen LogP contribution in [0.25, 0.3) is 0 Å². The molecule has 0 saturated carbocycles. The van der Waals surface area contributed by atoms with E-state index >= 15 is 0 Å². The van der Waals surface area contributed by atoms with Gasteiger partial charge in [0.2, 0.25) is 0 Å². The van der Waals surface area contributed by atoms with Crippen molar-refractivity contribution >= 4 is 11.6 Å². The number of rotatable bonds is 6. The monoisotopic (exact) mass is 268 g/mol. The van der Waals surface area contributed by atoms with Crippen molar-refractivity contribution in [1.29, 1.82) is 0 Å². The lowest BCUT2D eigenvalue weighted by molar-refractivity contribution is 0.412. The van der Waals surface area contributed by atoms with Gasteiger partial charge in [0.05, 0.1) is 0 Å². The SMILES string of the molecule is CC(Cc1cccc(Cl)c1)NCCNC(C)(C)C. The van der Waals surface area contributed by atoms with E-state index in [2.05, 4.69) is 44.4 Å². The Hall–Kier alpha value is -0.570. The van der Waals surface area contributed by atoms with Crippen LogP contribution >= 0.6 is 11.6 Å². The van der Waals surface area contributed by atoms with E-state index in [0.717, 1.165) is 24.5 Å². The van der Waals surface area contributed by atoms with E-state index in [1.807, 2.05) is 18.2 Å². The molecule has 0 saturated heterocycles. The normalized spacial score (nSPS) is 13.6. The molecule has 0 aromatic heterocycles. The van der Waals surface area contributed by atoms with Crippen molar-refractivity contribution in [1.82, 2.24) is 10.6 Å². The number of benzene rings is 1. The summed E-state index contributed by atoms with van der Waals surface area (Å²) >= 11 is 5.97. The molecule has 0 aliphatic rings. The molecule has 0 aliphatic heterocycles. The summed E-state index contributed by atoms with van der Waals surface area (Å²) in [5.41, 5.74) is 1.48. The number of hydrogen-bond acceptors (Lipinski definition) is 2. The molecular formula is C15H25ClN2. The summed E-state index contributed by atoms with van der Waals surface area (Å²) < 4.78 is 0. The summed E-state index contributed by atoms with van der Waals surface area (Å²) in [7, 11) is 0. The van der Waals surface area contributed by atoms with Crippen molar-refractivity contribution < 1.29 is 0 Å². The predicted octanol–water partition coefficient (Wildman–Crippen LogP) is 3.25. The highest BCUT2D eigenvalue weighted by atomic mass is 35.5. The van der Waals surface area contributed by atoms with Crippen LogP contribution < -0.4 is 10.6 Å². The van der Waals surface area contributed by atoms with Gasteiger partial charge < -0.3 is 10.6 Å².